The third-order valence-electron chi connectivity index (χ3n) is 2.57. The van der Waals surface area contributed by atoms with Crippen LogP contribution in [0.25, 0.3) is 0 Å². The van der Waals surface area contributed by atoms with Crippen LogP contribution in [0.3, 0.4) is 0 Å². The monoisotopic (exact) mass is 296 g/mol. The number of aromatic carboxylic acids is 4. The average molecular weight is 296 g/mol. The predicted molar refractivity (Wildman–Crippen MR) is 64.3 cm³/mol. The summed E-state index contributed by atoms with van der Waals surface area (Å²) >= 11 is 0. The van der Waals surface area contributed by atoms with Gasteiger partial charge in [0, 0.05) is 5.56 Å². The van der Waals surface area contributed by atoms with E-state index in [0.717, 1.165) is 6.92 Å². The van der Waals surface area contributed by atoms with Crippen LogP contribution in [-0.2, 0) is 0 Å². The van der Waals surface area contributed by atoms with E-state index in [9.17, 15) is 24.0 Å². The highest BCUT2D eigenvalue weighted by atomic mass is 16.4. The fourth-order valence-electron chi connectivity index (χ4n) is 1.82. The SMILES string of the molecule is CC(=O)c1c(C(=O)O)c(C(=O)O)cc(C(=O)O)c1C(=O)O. The Balaban J connectivity index is 4.13. The lowest BCUT2D eigenvalue weighted by molar-refractivity contribution is 0.0633. The molecule has 0 amide bonds. The van der Waals surface area contributed by atoms with E-state index in [2.05, 4.69) is 0 Å². The molecule has 1 aromatic carbocycles. The first-order valence-corrected chi connectivity index (χ1v) is 5.24. The fourth-order valence-corrected chi connectivity index (χ4v) is 1.82. The molecule has 9 heteroatoms. The van der Waals surface area contributed by atoms with Gasteiger partial charge in [0.25, 0.3) is 0 Å². The van der Waals surface area contributed by atoms with Gasteiger partial charge < -0.3 is 20.4 Å². The second-order valence-electron chi connectivity index (χ2n) is 3.87. The lowest BCUT2D eigenvalue weighted by Crippen LogP contribution is -2.22. The number of carboxylic acid groups (broad SMARTS) is 4. The third-order valence-corrected chi connectivity index (χ3v) is 2.57. The summed E-state index contributed by atoms with van der Waals surface area (Å²) in [6, 6.07) is 0.407. The summed E-state index contributed by atoms with van der Waals surface area (Å²) in [6.45, 7) is 0.811. The molecule has 0 aliphatic heterocycles. The first-order valence-electron chi connectivity index (χ1n) is 5.24. The molecule has 0 unspecified atom stereocenters. The second-order valence-corrected chi connectivity index (χ2v) is 3.87. The number of rotatable bonds is 5. The van der Waals surface area contributed by atoms with Crippen molar-refractivity contribution >= 4 is 29.7 Å². The molecule has 21 heavy (non-hydrogen) atoms. The van der Waals surface area contributed by atoms with Crippen LogP contribution >= 0.6 is 0 Å². The van der Waals surface area contributed by atoms with E-state index in [-0.39, 0.29) is 0 Å². The minimum Gasteiger partial charge on any atom is -0.478 e. The van der Waals surface area contributed by atoms with Crippen molar-refractivity contribution < 1.29 is 44.4 Å². The Bertz CT molecular complexity index is 649. The molecule has 0 aliphatic rings. The molecular formula is C12H8O9. The first kappa shape index (κ1) is 15.8. The Kier molecular flexibility index (Phi) is 4.08. The standard InChI is InChI=1S/C12H8O9/c1-3(13)6-7(11(18)19)4(9(14)15)2-5(10(16)17)8(6)12(20)21/h2H,1H3,(H,14,15)(H,16,17)(H,18,19)(H,20,21). The molecule has 4 N–H and O–H groups in total. The van der Waals surface area contributed by atoms with Crippen molar-refractivity contribution in [3.8, 4) is 0 Å². The van der Waals surface area contributed by atoms with Gasteiger partial charge in [-0.1, -0.05) is 0 Å². The van der Waals surface area contributed by atoms with Crippen LogP contribution in [0.15, 0.2) is 6.07 Å². The summed E-state index contributed by atoms with van der Waals surface area (Å²) < 4.78 is 0. The number of carbonyl (C=O) groups is 5. The van der Waals surface area contributed by atoms with Crippen molar-refractivity contribution in [2.45, 2.75) is 6.92 Å². The van der Waals surface area contributed by atoms with Gasteiger partial charge in [0.05, 0.1) is 22.3 Å². The Hall–Kier alpha value is -3.23. The van der Waals surface area contributed by atoms with Crippen molar-refractivity contribution in [1.29, 1.82) is 0 Å². The molecule has 0 saturated carbocycles. The fraction of sp³-hybridized carbons (Fsp3) is 0.0833. The van der Waals surface area contributed by atoms with Crippen LogP contribution in [0.1, 0.15) is 58.7 Å². The first-order chi connectivity index (χ1) is 9.59. The molecule has 0 fully saturated rings. The minimum atomic E-state index is -1.85. The highest BCUT2D eigenvalue weighted by Gasteiger charge is 2.32. The van der Waals surface area contributed by atoms with Gasteiger partial charge in [-0.2, -0.15) is 0 Å². The molecule has 9 nitrogen and oxygen atoms in total. The molecule has 1 aromatic rings. The van der Waals surface area contributed by atoms with Crippen LogP contribution in [0, 0.1) is 0 Å². The van der Waals surface area contributed by atoms with Crippen LogP contribution in [0.4, 0.5) is 0 Å². The molecule has 0 saturated heterocycles. The number of benzene rings is 1. The Morgan fingerprint density at radius 3 is 1.19 bits per heavy atom. The number of Topliss-reactive ketones (excluding diaryl/α,β-unsaturated/α-hetero) is 1. The largest absolute Gasteiger partial charge is 0.478 e. The minimum absolute atomic E-state index is 0.407. The molecule has 0 radical (unpaired) electrons. The zero-order valence-corrected chi connectivity index (χ0v) is 10.4. The maximum absolute atomic E-state index is 11.5. The Morgan fingerprint density at radius 1 is 0.667 bits per heavy atom. The van der Waals surface area contributed by atoms with Gasteiger partial charge in [0.1, 0.15) is 0 Å². The van der Waals surface area contributed by atoms with Gasteiger partial charge in [-0.15, -0.1) is 0 Å². The maximum atomic E-state index is 11.5. The van der Waals surface area contributed by atoms with Crippen molar-refractivity contribution in [3.05, 3.63) is 33.9 Å². The van der Waals surface area contributed by atoms with Gasteiger partial charge in [-0.25, -0.2) is 19.2 Å². The molecule has 0 spiro atoms. The summed E-state index contributed by atoms with van der Waals surface area (Å²) in [5.74, 6) is -8.37. The topological polar surface area (TPSA) is 166 Å². The highest BCUT2D eigenvalue weighted by Crippen LogP contribution is 2.25. The van der Waals surface area contributed by atoms with Crippen molar-refractivity contribution in [2.75, 3.05) is 0 Å². The highest BCUT2D eigenvalue weighted by molar-refractivity contribution is 6.18. The predicted octanol–water partition coefficient (Wildman–Crippen LogP) is 0.682. The number of carboxylic acids is 4. The van der Waals surface area contributed by atoms with Crippen molar-refractivity contribution in [3.63, 3.8) is 0 Å². The van der Waals surface area contributed by atoms with Gasteiger partial charge in [0.15, 0.2) is 5.78 Å². The summed E-state index contributed by atoms with van der Waals surface area (Å²) in [6.07, 6.45) is 0. The smallest absolute Gasteiger partial charge is 0.337 e. The van der Waals surface area contributed by atoms with E-state index < -0.39 is 57.5 Å². The molecule has 0 bridgehead atoms. The van der Waals surface area contributed by atoms with Gasteiger partial charge in [0.2, 0.25) is 0 Å². The number of hydrogen-bond donors (Lipinski definition) is 4. The van der Waals surface area contributed by atoms with Crippen LogP contribution < -0.4 is 0 Å². The van der Waals surface area contributed by atoms with E-state index in [1.54, 1.807) is 0 Å². The van der Waals surface area contributed by atoms with Crippen LogP contribution in [0.5, 0.6) is 0 Å². The summed E-state index contributed by atoms with van der Waals surface area (Å²) in [4.78, 5) is 55.9. The van der Waals surface area contributed by atoms with Crippen molar-refractivity contribution in [1.82, 2.24) is 0 Å². The van der Waals surface area contributed by atoms with E-state index in [1.807, 2.05) is 0 Å². The molecule has 0 aliphatic carbocycles. The number of carbonyl (C=O) groups excluding carboxylic acids is 1. The van der Waals surface area contributed by atoms with Crippen LogP contribution in [-0.4, -0.2) is 50.1 Å². The zero-order valence-electron chi connectivity index (χ0n) is 10.4. The van der Waals surface area contributed by atoms with Crippen LogP contribution in [0.2, 0.25) is 0 Å². The average Bonchev–Trinajstić information content (AvgIpc) is 2.34. The van der Waals surface area contributed by atoms with Gasteiger partial charge in [-0.05, 0) is 13.0 Å². The zero-order chi connectivity index (χ0) is 16.5. The molecule has 0 atom stereocenters. The van der Waals surface area contributed by atoms with E-state index >= 15 is 0 Å². The van der Waals surface area contributed by atoms with E-state index in [0.29, 0.717) is 6.07 Å². The quantitative estimate of drug-likeness (QED) is 0.571. The van der Waals surface area contributed by atoms with E-state index in [1.165, 1.54) is 0 Å². The summed E-state index contributed by atoms with van der Waals surface area (Å²) in [7, 11) is 0. The molecule has 0 heterocycles. The molecular weight excluding hydrogens is 288 g/mol. The lowest BCUT2D eigenvalue weighted by atomic mass is 9.89. The lowest BCUT2D eigenvalue weighted by Gasteiger charge is -2.13. The summed E-state index contributed by atoms with van der Waals surface area (Å²) in [5.41, 5.74) is -5.03. The number of ketones is 1. The Morgan fingerprint density at radius 2 is 1.00 bits per heavy atom. The van der Waals surface area contributed by atoms with Gasteiger partial charge >= 0.3 is 23.9 Å². The third kappa shape index (κ3) is 2.71. The number of hydrogen-bond acceptors (Lipinski definition) is 5. The maximum Gasteiger partial charge on any atom is 0.337 e. The van der Waals surface area contributed by atoms with Crippen molar-refractivity contribution in [2.24, 2.45) is 0 Å². The molecule has 1 rings (SSSR count). The van der Waals surface area contributed by atoms with E-state index in [4.69, 9.17) is 20.4 Å². The second kappa shape index (κ2) is 5.41. The van der Waals surface area contributed by atoms with Gasteiger partial charge in [-0.3, -0.25) is 4.79 Å². The normalized spacial score (nSPS) is 9.95. The Labute approximate surface area is 116 Å². The summed E-state index contributed by atoms with van der Waals surface area (Å²) in [5, 5.41) is 35.9. The molecule has 110 valence electrons. The molecule has 0 aromatic heterocycles.